The maximum atomic E-state index is 5.62. The van der Waals surface area contributed by atoms with E-state index < -0.39 is 0 Å². The number of hydrogen-bond donors (Lipinski definition) is 1. The number of anilines is 1. The molecular formula is C15H26N4O. The Hall–Kier alpha value is -1.07. The summed E-state index contributed by atoms with van der Waals surface area (Å²) in [5, 5.41) is 3.35. The van der Waals surface area contributed by atoms with Crippen molar-refractivity contribution in [3.63, 3.8) is 0 Å². The summed E-state index contributed by atoms with van der Waals surface area (Å²) in [6, 6.07) is 0.796. The first-order chi connectivity index (χ1) is 9.85. The van der Waals surface area contributed by atoms with Gasteiger partial charge in [-0.25, -0.2) is 0 Å². The van der Waals surface area contributed by atoms with Crippen LogP contribution in [0.4, 0.5) is 6.01 Å². The summed E-state index contributed by atoms with van der Waals surface area (Å²) in [5.41, 5.74) is 1.01. The molecule has 112 valence electrons. The van der Waals surface area contributed by atoms with E-state index in [1.54, 1.807) is 6.26 Å². The number of hydrogen-bond acceptors (Lipinski definition) is 5. The molecular weight excluding hydrogens is 252 g/mol. The topological polar surface area (TPSA) is 44.5 Å². The van der Waals surface area contributed by atoms with E-state index in [-0.39, 0.29) is 0 Å². The quantitative estimate of drug-likeness (QED) is 0.769. The van der Waals surface area contributed by atoms with Gasteiger partial charge in [-0.3, -0.25) is 4.90 Å². The van der Waals surface area contributed by atoms with Crippen LogP contribution in [0.2, 0.25) is 0 Å². The van der Waals surface area contributed by atoms with Gasteiger partial charge in [-0.2, -0.15) is 4.98 Å². The van der Waals surface area contributed by atoms with Gasteiger partial charge >= 0.3 is 0 Å². The molecule has 2 heterocycles. The molecule has 1 aromatic rings. The molecule has 5 heteroatoms. The van der Waals surface area contributed by atoms with Crippen LogP contribution in [0.15, 0.2) is 10.7 Å². The predicted molar refractivity (Wildman–Crippen MR) is 79.9 cm³/mol. The lowest BCUT2D eigenvalue weighted by atomic mass is 10.3. The van der Waals surface area contributed by atoms with Gasteiger partial charge in [0.1, 0.15) is 6.26 Å². The second-order valence-corrected chi connectivity index (χ2v) is 6.03. The zero-order chi connectivity index (χ0) is 13.8. The SMILES string of the molecule is CCCNCc1coc(N2CCN(CC3CC3)CC2)n1. The summed E-state index contributed by atoms with van der Waals surface area (Å²) in [5.74, 6) is 0.986. The Balaban J connectivity index is 1.44. The monoisotopic (exact) mass is 278 g/mol. The second kappa shape index (κ2) is 6.59. The Morgan fingerprint density at radius 1 is 1.30 bits per heavy atom. The lowest BCUT2D eigenvalue weighted by Crippen LogP contribution is -2.47. The molecule has 5 nitrogen and oxygen atoms in total. The van der Waals surface area contributed by atoms with Crippen LogP contribution < -0.4 is 10.2 Å². The second-order valence-electron chi connectivity index (χ2n) is 6.03. The van der Waals surface area contributed by atoms with Crippen LogP contribution >= 0.6 is 0 Å². The Kier molecular flexibility index (Phi) is 4.58. The van der Waals surface area contributed by atoms with Crippen molar-refractivity contribution in [2.75, 3.05) is 44.2 Å². The van der Waals surface area contributed by atoms with E-state index in [0.717, 1.165) is 63.3 Å². The average Bonchev–Trinajstić information content (AvgIpc) is 3.16. The first-order valence-corrected chi connectivity index (χ1v) is 7.97. The fraction of sp³-hybridized carbons (Fsp3) is 0.800. The number of aromatic nitrogens is 1. The standard InChI is InChI=1S/C15H26N4O/c1-2-5-16-10-14-12-20-15(17-14)19-8-6-18(7-9-19)11-13-3-4-13/h12-13,16H,2-11H2,1H3. The molecule has 2 fully saturated rings. The normalized spacial score (nSPS) is 20.6. The maximum absolute atomic E-state index is 5.62. The van der Waals surface area contributed by atoms with Crippen LogP contribution in [0, 0.1) is 5.92 Å². The van der Waals surface area contributed by atoms with Crippen molar-refractivity contribution < 1.29 is 4.42 Å². The lowest BCUT2D eigenvalue weighted by Gasteiger charge is -2.33. The van der Waals surface area contributed by atoms with Gasteiger partial charge < -0.3 is 14.6 Å². The molecule has 1 saturated carbocycles. The largest absolute Gasteiger partial charge is 0.432 e. The van der Waals surface area contributed by atoms with Crippen LogP contribution in [-0.2, 0) is 6.54 Å². The highest BCUT2D eigenvalue weighted by atomic mass is 16.4. The molecule has 0 amide bonds. The fourth-order valence-electron chi connectivity index (χ4n) is 2.70. The highest BCUT2D eigenvalue weighted by Crippen LogP contribution is 2.30. The van der Waals surface area contributed by atoms with Crippen LogP contribution in [0.1, 0.15) is 31.9 Å². The molecule has 0 radical (unpaired) electrons. The van der Waals surface area contributed by atoms with Crippen LogP contribution in [-0.4, -0.2) is 49.2 Å². The highest BCUT2D eigenvalue weighted by molar-refractivity contribution is 5.28. The minimum absolute atomic E-state index is 0.796. The van der Waals surface area contributed by atoms with Gasteiger partial charge in [0.15, 0.2) is 0 Å². The molecule has 0 bridgehead atoms. The van der Waals surface area contributed by atoms with E-state index >= 15 is 0 Å². The third-order valence-electron chi connectivity index (χ3n) is 4.13. The average molecular weight is 278 g/mol. The van der Waals surface area contributed by atoms with Crippen molar-refractivity contribution in [3.05, 3.63) is 12.0 Å². The fourth-order valence-corrected chi connectivity index (χ4v) is 2.70. The van der Waals surface area contributed by atoms with Gasteiger partial charge in [0.05, 0.1) is 5.69 Å². The molecule has 1 aliphatic heterocycles. The number of rotatable bonds is 7. The summed E-state index contributed by atoms with van der Waals surface area (Å²) in [4.78, 5) is 9.44. The number of nitrogens with one attached hydrogen (secondary N) is 1. The van der Waals surface area contributed by atoms with E-state index in [1.165, 1.54) is 19.4 Å². The van der Waals surface area contributed by atoms with E-state index in [2.05, 4.69) is 27.0 Å². The molecule has 0 spiro atoms. The number of oxazole rings is 1. The Morgan fingerprint density at radius 2 is 2.10 bits per heavy atom. The van der Waals surface area contributed by atoms with Gasteiger partial charge in [0.25, 0.3) is 6.01 Å². The lowest BCUT2D eigenvalue weighted by molar-refractivity contribution is 0.243. The van der Waals surface area contributed by atoms with E-state index in [9.17, 15) is 0 Å². The summed E-state index contributed by atoms with van der Waals surface area (Å²) in [6.07, 6.45) is 5.81. The summed E-state index contributed by atoms with van der Waals surface area (Å²) in [6.45, 7) is 9.66. The van der Waals surface area contributed by atoms with Crippen LogP contribution in [0.5, 0.6) is 0 Å². The minimum Gasteiger partial charge on any atom is -0.432 e. The number of piperazine rings is 1. The van der Waals surface area contributed by atoms with E-state index in [0.29, 0.717) is 0 Å². The Morgan fingerprint density at radius 3 is 2.80 bits per heavy atom. The van der Waals surface area contributed by atoms with E-state index in [1.807, 2.05) is 0 Å². The Bertz CT molecular complexity index is 408. The summed E-state index contributed by atoms with van der Waals surface area (Å²) >= 11 is 0. The van der Waals surface area contributed by atoms with Gasteiger partial charge in [0, 0.05) is 39.3 Å². The van der Waals surface area contributed by atoms with Crippen molar-refractivity contribution in [2.24, 2.45) is 5.92 Å². The van der Waals surface area contributed by atoms with Gasteiger partial charge in [0.2, 0.25) is 0 Å². The third kappa shape index (κ3) is 3.73. The smallest absolute Gasteiger partial charge is 0.297 e. The Labute approximate surface area is 121 Å². The molecule has 20 heavy (non-hydrogen) atoms. The summed E-state index contributed by atoms with van der Waals surface area (Å²) in [7, 11) is 0. The molecule has 1 N–H and O–H groups in total. The molecule has 3 rings (SSSR count). The van der Waals surface area contributed by atoms with Crippen LogP contribution in [0.3, 0.4) is 0 Å². The first-order valence-electron chi connectivity index (χ1n) is 7.97. The number of nitrogens with zero attached hydrogens (tertiary/aromatic N) is 3. The van der Waals surface area contributed by atoms with Crippen molar-refractivity contribution in [1.29, 1.82) is 0 Å². The molecule has 1 aliphatic carbocycles. The maximum Gasteiger partial charge on any atom is 0.297 e. The van der Waals surface area contributed by atoms with Crippen molar-refractivity contribution >= 4 is 6.01 Å². The van der Waals surface area contributed by atoms with Gasteiger partial charge in [-0.05, 0) is 31.7 Å². The molecule has 0 aromatic carbocycles. The molecule has 0 unspecified atom stereocenters. The third-order valence-corrected chi connectivity index (χ3v) is 4.13. The van der Waals surface area contributed by atoms with Crippen molar-refractivity contribution in [1.82, 2.24) is 15.2 Å². The van der Waals surface area contributed by atoms with Gasteiger partial charge in [-0.15, -0.1) is 0 Å². The molecule has 0 atom stereocenters. The molecule has 2 aliphatic rings. The molecule has 1 aromatic heterocycles. The van der Waals surface area contributed by atoms with Gasteiger partial charge in [-0.1, -0.05) is 6.92 Å². The summed E-state index contributed by atoms with van der Waals surface area (Å²) < 4.78 is 5.62. The van der Waals surface area contributed by atoms with Crippen molar-refractivity contribution in [3.8, 4) is 0 Å². The van der Waals surface area contributed by atoms with Crippen LogP contribution in [0.25, 0.3) is 0 Å². The molecule has 1 saturated heterocycles. The first kappa shape index (κ1) is 13.9. The highest BCUT2D eigenvalue weighted by Gasteiger charge is 2.27. The zero-order valence-electron chi connectivity index (χ0n) is 12.5. The van der Waals surface area contributed by atoms with Crippen molar-refractivity contribution in [2.45, 2.75) is 32.7 Å². The zero-order valence-corrected chi connectivity index (χ0v) is 12.5. The van der Waals surface area contributed by atoms with E-state index in [4.69, 9.17) is 4.42 Å². The predicted octanol–water partition coefficient (Wildman–Crippen LogP) is 1.71. The minimum atomic E-state index is 0.796.